The van der Waals surface area contributed by atoms with Crippen LogP contribution in [-0.4, -0.2) is 20.2 Å². The molecule has 0 rings (SSSR count). The molecule has 0 amide bonds. The zero-order chi connectivity index (χ0) is 15.8. The van der Waals surface area contributed by atoms with E-state index in [-0.39, 0.29) is 16.9 Å². The lowest BCUT2D eigenvalue weighted by Gasteiger charge is -2.39. The van der Waals surface area contributed by atoms with E-state index in [1.807, 2.05) is 0 Å². The van der Waals surface area contributed by atoms with Gasteiger partial charge in [0.05, 0.1) is 6.10 Å². The number of carbonyl (C=O) groups excluding carboxylic acids is 1. The van der Waals surface area contributed by atoms with Crippen molar-refractivity contribution in [2.24, 2.45) is 0 Å². The zero-order valence-corrected chi connectivity index (χ0v) is 15.8. The Kier molecular flexibility index (Phi) is 8.92. The molecule has 120 valence electrons. The summed E-state index contributed by atoms with van der Waals surface area (Å²) in [6.07, 6.45) is 8.11. The van der Waals surface area contributed by atoms with Gasteiger partial charge in [-0.2, -0.15) is 0 Å². The third-order valence-electron chi connectivity index (χ3n) is 4.41. The van der Waals surface area contributed by atoms with Gasteiger partial charge in [-0.3, -0.25) is 4.79 Å². The second-order valence-electron chi connectivity index (χ2n) is 7.61. The van der Waals surface area contributed by atoms with Crippen LogP contribution in [-0.2, 0) is 9.22 Å². The fourth-order valence-corrected chi connectivity index (χ4v) is 3.48. The fourth-order valence-electron chi connectivity index (χ4n) is 2.09. The average Bonchev–Trinajstić information content (AvgIpc) is 2.25. The summed E-state index contributed by atoms with van der Waals surface area (Å²) in [5.74, 6) is 0.252. The second-order valence-corrected chi connectivity index (χ2v) is 12.4. The summed E-state index contributed by atoms with van der Waals surface area (Å²) in [4.78, 5) is 11.5. The van der Waals surface area contributed by atoms with Gasteiger partial charge in [0.2, 0.25) is 0 Å². The van der Waals surface area contributed by atoms with Crippen LogP contribution in [0.15, 0.2) is 0 Å². The van der Waals surface area contributed by atoms with Gasteiger partial charge in [0, 0.05) is 6.42 Å². The molecular formula is C17H36O2Si. The smallest absolute Gasteiger partial charge is 0.192 e. The number of unbranched alkanes of at least 4 members (excludes halogenated alkanes) is 4. The first-order valence-corrected chi connectivity index (χ1v) is 11.2. The molecule has 20 heavy (non-hydrogen) atoms. The third-order valence-corrected chi connectivity index (χ3v) is 8.95. The molecule has 0 bridgehead atoms. The largest absolute Gasteiger partial charge is 0.413 e. The average molecular weight is 301 g/mol. The quantitative estimate of drug-likeness (QED) is 0.381. The number of ketones is 1. The Morgan fingerprint density at radius 3 is 2.10 bits per heavy atom. The molecule has 0 saturated carbocycles. The molecule has 3 heteroatoms. The summed E-state index contributed by atoms with van der Waals surface area (Å²) in [5.41, 5.74) is 0. The Morgan fingerprint density at radius 1 is 1.10 bits per heavy atom. The highest BCUT2D eigenvalue weighted by Crippen LogP contribution is 2.38. The van der Waals surface area contributed by atoms with Crippen LogP contribution in [0.1, 0.15) is 79.6 Å². The maximum atomic E-state index is 11.5. The van der Waals surface area contributed by atoms with Gasteiger partial charge < -0.3 is 4.43 Å². The van der Waals surface area contributed by atoms with Crippen LogP contribution in [0.25, 0.3) is 0 Å². The zero-order valence-electron chi connectivity index (χ0n) is 14.8. The lowest BCUT2D eigenvalue weighted by molar-refractivity contribution is -0.118. The maximum absolute atomic E-state index is 11.5. The molecule has 0 radical (unpaired) electrons. The van der Waals surface area contributed by atoms with Crippen molar-refractivity contribution in [1.29, 1.82) is 0 Å². The summed E-state index contributed by atoms with van der Waals surface area (Å²) >= 11 is 0. The van der Waals surface area contributed by atoms with E-state index in [4.69, 9.17) is 4.43 Å². The summed E-state index contributed by atoms with van der Waals surface area (Å²) < 4.78 is 6.44. The number of Topliss-reactive ketones (excluding diaryl/α,β-unsaturated/α-hetero) is 1. The third kappa shape index (κ3) is 8.20. The van der Waals surface area contributed by atoms with Gasteiger partial charge in [-0.15, -0.1) is 0 Å². The predicted molar refractivity (Wildman–Crippen MR) is 90.7 cm³/mol. The fraction of sp³-hybridized carbons (Fsp3) is 0.941. The van der Waals surface area contributed by atoms with Crippen LogP contribution in [0, 0.1) is 0 Å². The van der Waals surface area contributed by atoms with Crippen LogP contribution >= 0.6 is 0 Å². The SMILES string of the molecule is CCCCCCCC(CC(C)=O)O[Si](C)(C)C(C)(C)C. The van der Waals surface area contributed by atoms with Crippen molar-refractivity contribution in [2.75, 3.05) is 0 Å². The minimum Gasteiger partial charge on any atom is -0.413 e. The van der Waals surface area contributed by atoms with Gasteiger partial charge in [-0.1, -0.05) is 59.8 Å². The number of hydrogen-bond donors (Lipinski definition) is 0. The van der Waals surface area contributed by atoms with E-state index in [9.17, 15) is 4.79 Å². The van der Waals surface area contributed by atoms with E-state index < -0.39 is 8.32 Å². The second kappa shape index (κ2) is 8.99. The summed E-state index contributed by atoms with van der Waals surface area (Å²) in [6.45, 7) is 15.2. The van der Waals surface area contributed by atoms with Crippen LogP contribution in [0.2, 0.25) is 18.1 Å². The molecular weight excluding hydrogens is 264 g/mol. The van der Waals surface area contributed by atoms with Crippen molar-refractivity contribution >= 4 is 14.1 Å². The summed E-state index contributed by atoms with van der Waals surface area (Å²) in [6, 6.07) is 0. The molecule has 0 aromatic rings. The van der Waals surface area contributed by atoms with Gasteiger partial charge in [0.25, 0.3) is 0 Å². The Balaban J connectivity index is 4.38. The van der Waals surface area contributed by atoms with E-state index in [1.54, 1.807) is 6.92 Å². The van der Waals surface area contributed by atoms with Crippen molar-refractivity contribution in [1.82, 2.24) is 0 Å². The van der Waals surface area contributed by atoms with Crippen molar-refractivity contribution in [3.05, 3.63) is 0 Å². The number of carbonyl (C=O) groups is 1. The Hall–Kier alpha value is -0.153. The highest BCUT2D eigenvalue weighted by Gasteiger charge is 2.39. The Morgan fingerprint density at radius 2 is 1.65 bits per heavy atom. The number of rotatable bonds is 10. The van der Waals surface area contributed by atoms with Crippen LogP contribution in [0.5, 0.6) is 0 Å². The first kappa shape index (κ1) is 19.8. The Labute approximate surface area is 127 Å². The molecule has 0 aliphatic heterocycles. The van der Waals surface area contributed by atoms with Crippen LogP contribution in [0.3, 0.4) is 0 Å². The summed E-state index contributed by atoms with van der Waals surface area (Å²) in [5, 5.41) is 0.213. The van der Waals surface area contributed by atoms with E-state index in [0.717, 1.165) is 6.42 Å². The maximum Gasteiger partial charge on any atom is 0.192 e. The highest BCUT2D eigenvalue weighted by molar-refractivity contribution is 6.74. The molecule has 0 N–H and O–H groups in total. The molecule has 0 aliphatic rings. The molecule has 0 aliphatic carbocycles. The molecule has 2 nitrogen and oxygen atoms in total. The Bertz CT molecular complexity index is 279. The van der Waals surface area contributed by atoms with Crippen molar-refractivity contribution < 1.29 is 9.22 Å². The van der Waals surface area contributed by atoms with Crippen LogP contribution in [0.4, 0.5) is 0 Å². The molecule has 1 atom stereocenters. The first-order chi connectivity index (χ1) is 9.10. The molecule has 0 saturated heterocycles. The van der Waals surface area contributed by atoms with Gasteiger partial charge in [0.1, 0.15) is 5.78 Å². The van der Waals surface area contributed by atoms with Crippen molar-refractivity contribution in [3.63, 3.8) is 0 Å². The molecule has 0 heterocycles. The minimum absolute atomic E-state index is 0.134. The molecule has 0 aromatic heterocycles. The normalized spacial score (nSPS) is 14.3. The highest BCUT2D eigenvalue weighted by atomic mass is 28.4. The van der Waals surface area contributed by atoms with E-state index >= 15 is 0 Å². The lowest BCUT2D eigenvalue weighted by atomic mass is 10.1. The lowest BCUT2D eigenvalue weighted by Crippen LogP contribution is -2.44. The molecule has 1 unspecified atom stereocenters. The molecule has 0 fully saturated rings. The molecule has 0 aromatic carbocycles. The summed E-state index contributed by atoms with van der Waals surface area (Å²) in [7, 11) is -1.76. The van der Waals surface area contributed by atoms with Crippen molar-refractivity contribution in [3.8, 4) is 0 Å². The van der Waals surface area contributed by atoms with E-state index in [2.05, 4.69) is 40.8 Å². The van der Waals surface area contributed by atoms with Gasteiger partial charge in [0.15, 0.2) is 8.32 Å². The van der Waals surface area contributed by atoms with E-state index in [1.165, 1.54) is 32.1 Å². The topological polar surface area (TPSA) is 26.3 Å². The number of hydrogen-bond acceptors (Lipinski definition) is 2. The van der Waals surface area contributed by atoms with Crippen molar-refractivity contribution in [2.45, 2.75) is 104 Å². The van der Waals surface area contributed by atoms with Gasteiger partial charge in [-0.05, 0) is 31.5 Å². The van der Waals surface area contributed by atoms with Gasteiger partial charge in [-0.25, -0.2) is 0 Å². The standard InChI is InChI=1S/C17H36O2Si/c1-8-9-10-11-12-13-16(14-15(2)18)19-20(6,7)17(3,4)5/h16H,8-14H2,1-7H3. The molecule has 0 spiro atoms. The predicted octanol–water partition coefficient (Wildman–Crippen LogP) is 5.72. The van der Waals surface area contributed by atoms with Gasteiger partial charge >= 0.3 is 0 Å². The monoisotopic (exact) mass is 300 g/mol. The van der Waals surface area contributed by atoms with E-state index in [0.29, 0.717) is 6.42 Å². The minimum atomic E-state index is -1.76. The van der Waals surface area contributed by atoms with Crippen LogP contribution < -0.4 is 0 Å². The first-order valence-electron chi connectivity index (χ1n) is 8.27.